The molecule has 1 rings (SSSR count). The van der Waals surface area contributed by atoms with E-state index in [0.29, 0.717) is 12.8 Å². The SMILES string of the molecule is CCC1(S(=O)(=O)O)C=CC=CC1. The fraction of sp³-hybridized carbons (Fsp3) is 0.500. The highest BCUT2D eigenvalue weighted by atomic mass is 32.2. The van der Waals surface area contributed by atoms with Crippen LogP contribution in [0.3, 0.4) is 0 Å². The van der Waals surface area contributed by atoms with E-state index in [1.54, 1.807) is 31.2 Å². The number of allylic oxidation sites excluding steroid dienone is 3. The van der Waals surface area contributed by atoms with E-state index in [2.05, 4.69) is 0 Å². The van der Waals surface area contributed by atoms with Crippen molar-refractivity contribution in [3.05, 3.63) is 24.3 Å². The van der Waals surface area contributed by atoms with Gasteiger partial charge in [-0.25, -0.2) is 0 Å². The predicted octanol–water partition coefficient (Wildman–Crippen LogP) is 1.54. The van der Waals surface area contributed by atoms with Crippen molar-refractivity contribution >= 4 is 10.1 Å². The molecule has 12 heavy (non-hydrogen) atoms. The van der Waals surface area contributed by atoms with Gasteiger partial charge in [-0.15, -0.1) is 0 Å². The fourth-order valence-corrected chi connectivity index (χ4v) is 2.20. The van der Waals surface area contributed by atoms with E-state index >= 15 is 0 Å². The zero-order chi connectivity index (χ0) is 9.24. The minimum atomic E-state index is -3.98. The van der Waals surface area contributed by atoms with Gasteiger partial charge in [0, 0.05) is 0 Å². The predicted molar refractivity (Wildman–Crippen MR) is 47.5 cm³/mol. The van der Waals surface area contributed by atoms with Crippen LogP contribution in [-0.4, -0.2) is 17.7 Å². The van der Waals surface area contributed by atoms with Gasteiger partial charge in [0.15, 0.2) is 0 Å². The average Bonchev–Trinajstić information content (AvgIpc) is 2.04. The molecule has 1 aliphatic carbocycles. The summed E-state index contributed by atoms with van der Waals surface area (Å²) in [5.74, 6) is 0. The molecular formula is C8H12O3S. The van der Waals surface area contributed by atoms with Gasteiger partial charge in [0.2, 0.25) is 0 Å². The topological polar surface area (TPSA) is 54.4 Å². The molecule has 1 aliphatic rings. The van der Waals surface area contributed by atoms with Crippen LogP contribution in [0.25, 0.3) is 0 Å². The lowest BCUT2D eigenvalue weighted by Gasteiger charge is -2.25. The summed E-state index contributed by atoms with van der Waals surface area (Å²) < 4.78 is 29.9. The van der Waals surface area contributed by atoms with Gasteiger partial charge in [0.1, 0.15) is 4.75 Å². The van der Waals surface area contributed by atoms with E-state index in [4.69, 9.17) is 4.55 Å². The third-order valence-corrected chi connectivity index (χ3v) is 3.84. The highest BCUT2D eigenvalue weighted by molar-refractivity contribution is 7.87. The van der Waals surface area contributed by atoms with Crippen molar-refractivity contribution < 1.29 is 13.0 Å². The van der Waals surface area contributed by atoms with Crippen molar-refractivity contribution in [3.63, 3.8) is 0 Å². The van der Waals surface area contributed by atoms with Gasteiger partial charge >= 0.3 is 0 Å². The molecule has 0 aromatic heterocycles. The Morgan fingerprint density at radius 1 is 1.50 bits per heavy atom. The Morgan fingerprint density at radius 2 is 2.17 bits per heavy atom. The first-order valence-corrected chi connectivity index (χ1v) is 5.27. The van der Waals surface area contributed by atoms with Crippen molar-refractivity contribution in [1.82, 2.24) is 0 Å². The van der Waals surface area contributed by atoms with E-state index in [-0.39, 0.29) is 0 Å². The van der Waals surface area contributed by atoms with Crippen LogP contribution in [-0.2, 0) is 10.1 Å². The molecule has 1 atom stereocenters. The lowest BCUT2D eigenvalue weighted by molar-refractivity contribution is 0.440. The maximum atomic E-state index is 11.0. The third kappa shape index (κ3) is 1.44. The summed E-state index contributed by atoms with van der Waals surface area (Å²) in [7, 11) is -3.98. The van der Waals surface area contributed by atoms with Crippen molar-refractivity contribution in [2.75, 3.05) is 0 Å². The smallest absolute Gasteiger partial charge is 0.274 e. The molecule has 0 saturated carbocycles. The Balaban J connectivity index is 3.09. The average molecular weight is 188 g/mol. The molecule has 0 fully saturated rings. The van der Waals surface area contributed by atoms with Crippen molar-refractivity contribution in [1.29, 1.82) is 0 Å². The maximum Gasteiger partial charge on any atom is 0.274 e. The van der Waals surface area contributed by atoms with Crippen molar-refractivity contribution in [2.24, 2.45) is 0 Å². The lowest BCUT2D eigenvalue weighted by atomic mass is 9.97. The van der Waals surface area contributed by atoms with Crippen LogP contribution >= 0.6 is 0 Å². The number of hydrogen-bond donors (Lipinski definition) is 1. The summed E-state index contributed by atoms with van der Waals surface area (Å²) in [5.41, 5.74) is 0. The van der Waals surface area contributed by atoms with Crippen LogP contribution < -0.4 is 0 Å². The Kier molecular flexibility index (Phi) is 2.39. The molecule has 0 bridgehead atoms. The maximum absolute atomic E-state index is 11.0. The van der Waals surface area contributed by atoms with Gasteiger partial charge in [0.05, 0.1) is 0 Å². The first-order chi connectivity index (χ1) is 5.52. The highest BCUT2D eigenvalue weighted by Crippen LogP contribution is 2.29. The van der Waals surface area contributed by atoms with Crippen LogP contribution in [0.4, 0.5) is 0 Å². The molecule has 0 saturated heterocycles. The highest BCUT2D eigenvalue weighted by Gasteiger charge is 2.38. The minimum Gasteiger partial charge on any atom is -0.285 e. The number of rotatable bonds is 2. The zero-order valence-corrected chi connectivity index (χ0v) is 7.71. The Morgan fingerprint density at radius 3 is 2.42 bits per heavy atom. The molecule has 0 spiro atoms. The van der Waals surface area contributed by atoms with Gasteiger partial charge in [-0.05, 0) is 12.8 Å². The van der Waals surface area contributed by atoms with Crippen LogP contribution in [0.15, 0.2) is 24.3 Å². The summed E-state index contributed by atoms with van der Waals surface area (Å²) in [6.45, 7) is 1.75. The van der Waals surface area contributed by atoms with E-state index in [1.165, 1.54) is 0 Å². The van der Waals surface area contributed by atoms with Gasteiger partial charge in [-0.1, -0.05) is 31.2 Å². The second kappa shape index (κ2) is 3.03. The van der Waals surface area contributed by atoms with E-state index in [1.807, 2.05) is 0 Å². The van der Waals surface area contributed by atoms with E-state index < -0.39 is 14.9 Å². The van der Waals surface area contributed by atoms with Crippen LogP contribution in [0.5, 0.6) is 0 Å². The van der Waals surface area contributed by atoms with Crippen LogP contribution in [0.1, 0.15) is 19.8 Å². The summed E-state index contributed by atoms with van der Waals surface area (Å²) in [5, 5.41) is 0. The van der Waals surface area contributed by atoms with E-state index in [0.717, 1.165) is 0 Å². The molecule has 1 unspecified atom stereocenters. The van der Waals surface area contributed by atoms with E-state index in [9.17, 15) is 8.42 Å². The first kappa shape index (κ1) is 9.48. The monoisotopic (exact) mass is 188 g/mol. The normalized spacial score (nSPS) is 29.2. The van der Waals surface area contributed by atoms with Crippen LogP contribution in [0, 0.1) is 0 Å². The summed E-state index contributed by atoms with van der Waals surface area (Å²) in [4.78, 5) is 0. The molecule has 4 heteroatoms. The Hall–Kier alpha value is -0.610. The van der Waals surface area contributed by atoms with Crippen LogP contribution in [0.2, 0.25) is 0 Å². The first-order valence-electron chi connectivity index (χ1n) is 3.83. The molecule has 0 heterocycles. The second-order valence-electron chi connectivity index (χ2n) is 2.88. The molecule has 0 aliphatic heterocycles. The molecule has 0 aromatic carbocycles. The number of hydrogen-bond acceptors (Lipinski definition) is 2. The minimum absolute atomic E-state index is 0.360. The molecule has 0 amide bonds. The quantitative estimate of drug-likeness (QED) is 0.669. The molecular weight excluding hydrogens is 176 g/mol. The lowest BCUT2D eigenvalue weighted by Crippen LogP contribution is -2.35. The zero-order valence-electron chi connectivity index (χ0n) is 6.90. The summed E-state index contributed by atoms with van der Waals surface area (Å²) in [6, 6.07) is 0. The molecule has 0 aromatic rings. The van der Waals surface area contributed by atoms with Gasteiger partial charge in [-0.2, -0.15) is 8.42 Å². The Labute approximate surface area is 72.5 Å². The molecule has 3 nitrogen and oxygen atoms in total. The molecule has 1 N–H and O–H groups in total. The summed E-state index contributed by atoms with van der Waals surface area (Å²) in [6.07, 6.45) is 7.48. The standard InChI is InChI=1S/C8H12O3S/c1-2-8(12(9,10)11)6-4-3-5-7-8/h3-6H,2,7H2,1H3,(H,9,10,11). The molecule has 0 radical (unpaired) electrons. The summed E-state index contributed by atoms with van der Waals surface area (Å²) >= 11 is 0. The Bertz CT molecular complexity index is 313. The second-order valence-corrected chi connectivity index (χ2v) is 4.65. The van der Waals surface area contributed by atoms with Crippen molar-refractivity contribution in [2.45, 2.75) is 24.5 Å². The molecule has 68 valence electrons. The van der Waals surface area contributed by atoms with Gasteiger partial charge in [-0.3, -0.25) is 4.55 Å². The van der Waals surface area contributed by atoms with Crippen molar-refractivity contribution in [3.8, 4) is 0 Å². The third-order valence-electron chi connectivity index (χ3n) is 2.22. The largest absolute Gasteiger partial charge is 0.285 e. The van der Waals surface area contributed by atoms with Gasteiger partial charge < -0.3 is 0 Å². The van der Waals surface area contributed by atoms with Gasteiger partial charge in [0.25, 0.3) is 10.1 Å². The fourth-order valence-electron chi connectivity index (χ4n) is 1.28.